The molecule has 1 aliphatic rings. The Kier molecular flexibility index (Phi) is 6.58. The van der Waals surface area contributed by atoms with E-state index in [1.807, 2.05) is 23.1 Å². The molecule has 180 valence electrons. The average molecular weight is 468 g/mol. The molecule has 1 fully saturated rings. The lowest BCUT2D eigenvalue weighted by Crippen LogP contribution is -2.24. The first-order valence-electron chi connectivity index (χ1n) is 12.5. The minimum atomic E-state index is 0.0694. The quantitative estimate of drug-likeness (QED) is 0.280. The van der Waals surface area contributed by atoms with Crippen LogP contribution in [0.25, 0.3) is 11.0 Å². The van der Waals surface area contributed by atoms with Crippen LogP contribution in [0.3, 0.4) is 0 Å². The molecule has 5 rings (SSSR count). The number of carbonyl (C=O) groups is 1. The number of fused-ring (bicyclic) bond motifs is 1. The Morgan fingerprint density at radius 3 is 2.60 bits per heavy atom. The summed E-state index contributed by atoms with van der Waals surface area (Å²) in [6.45, 7) is 8.54. The lowest BCUT2D eigenvalue weighted by atomic mass is 10.0. The number of para-hydroxylation sites is 2. The van der Waals surface area contributed by atoms with Crippen molar-refractivity contribution in [2.24, 2.45) is 0 Å². The molecule has 0 saturated carbocycles. The molecular formula is C30H33N3O2. The summed E-state index contributed by atoms with van der Waals surface area (Å²) in [6, 6.07) is 24.8. The number of amides is 1. The Balaban J connectivity index is 1.31. The number of nitrogens with zero attached hydrogens (tertiary/aromatic N) is 3. The van der Waals surface area contributed by atoms with E-state index >= 15 is 0 Å². The monoisotopic (exact) mass is 467 g/mol. The fraction of sp³-hybridized carbons (Fsp3) is 0.333. The number of imidazole rings is 1. The highest BCUT2D eigenvalue weighted by atomic mass is 16.5. The number of hydrogen-bond donors (Lipinski definition) is 0. The van der Waals surface area contributed by atoms with E-state index in [0.717, 1.165) is 46.8 Å². The zero-order chi connectivity index (χ0) is 24.4. The van der Waals surface area contributed by atoms with Gasteiger partial charge < -0.3 is 14.2 Å². The van der Waals surface area contributed by atoms with Gasteiger partial charge in [-0.1, -0.05) is 50.2 Å². The first-order chi connectivity index (χ1) is 17.0. The number of aromatic nitrogens is 2. The fourth-order valence-electron chi connectivity index (χ4n) is 4.93. The number of benzene rings is 3. The summed E-state index contributed by atoms with van der Waals surface area (Å²) in [7, 11) is 0. The molecule has 0 N–H and O–H groups in total. The molecule has 1 aromatic heterocycles. The van der Waals surface area contributed by atoms with E-state index in [4.69, 9.17) is 9.72 Å². The summed E-state index contributed by atoms with van der Waals surface area (Å²) >= 11 is 0. The largest absolute Gasteiger partial charge is 0.494 e. The summed E-state index contributed by atoms with van der Waals surface area (Å²) in [5.74, 6) is 2.64. The van der Waals surface area contributed by atoms with Gasteiger partial charge in [0.2, 0.25) is 5.91 Å². The van der Waals surface area contributed by atoms with Crippen LogP contribution in [0, 0.1) is 6.92 Å². The van der Waals surface area contributed by atoms with Crippen LogP contribution >= 0.6 is 0 Å². The van der Waals surface area contributed by atoms with E-state index in [2.05, 4.69) is 79.9 Å². The first kappa shape index (κ1) is 23.2. The van der Waals surface area contributed by atoms with Crippen molar-refractivity contribution in [2.45, 2.75) is 52.0 Å². The molecule has 5 nitrogen and oxygen atoms in total. The number of carbonyl (C=O) groups excluding carboxylic acids is 1. The van der Waals surface area contributed by atoms with Gasteiger partial charge in [0.25, 0.3) is 0 Å². The first-order valence-corrected chi connectivity index (χ1v) is 12.5. The second-order valence-corrected chi connectivity index (χ2v) is 9.78. The maximum absolute atomic E-state index is 12.9. The number of hydrogen-bond acceptors (Lipinski definition) is 3. The van der Waals surface area contributed by atoms with Crippen molar-refractivity contribution in [3.63, 3.8) is 0 Å². The molecular weight excluding hydrogens is 434 g/mol. The SMILES string of the molecule is Cc1cccc(N2CC(c3nc4ccccc4n3CCCOc3ccc(C(C)C)cc3)CC2=O)c1. The zero-order valence-corrected chi connectivity index (χ0v) is 20.8. The maximum atomic E-state index is 12.9. The van der Waals surface area contributed by atoms with Crippen LogP contribution in [0.1, 0.15) is 55.5 Å². The van der Waals surface area contributed by atoms with Crippen molar-refractivity contribution < 1.29 is 9.53 Å². The predicted molar refractivity (Wildman–Crippen MR) is 141 cm³/mol. The topological polar surface area (TPSA) is 47.4 Å². The Hall–Kier alpha value is -3.60. The molecule has 0 radical (unpaired) electrons. The normalized spacial score (nSPS) is 15.9. The smallest absolute Gasteiger partial charge is 0.227 e. The highest BCUT2D eigenvalue weighted by Crippen LogP contribution is 2.33. The third-order valence-electron chi connectivity index (χ3n) is 6.83. The van der Waals surface area contributed by atoms with E-state index in [1.165, 1.54) is 5.56 Å². The van der Waals surface area contributed by atoms with Gasteiger partial charge in [0, 0.05) is 31.1 Å². The van der Waals surface area contributed by atoms with Gasteiger partial charge in [-0.25, -0.2) is 4.98 Å². The third kappa shape index (κ3) is 4.95. The summed E-state index contributed by atoms with van der Waals surface area (Å²) in [4.78, 5) is 19.8. The van der Waals surface area contributed by atoms with Crippen LogP contribution in [0.4, 0.5) is 5.69 Å². The van der Waals surface area contributed by atoms with Gasteiger partial charge in [-0.05, 0) is 66.8 Å². The van der Waals surface area contributed by atoms with Crippen molar-refractivity contribution in [1.29, 1.82) is 0 Å². The van der Waals surface area contributed by atoms with Crippen molar-refractivity contribution in [1.82, 2.24) is 9.55 Å². The van der Waals surface area contributed by atoms with Gasteiger partial charge in [-0.2, -0.15) is 0 Å². The van der Waals surface area contributed by atoms with E-state index < -0.39 is 0 Å². The molecule has 1 atom stereocenters. The van der Waals surface area contributed by atoms with Crippen molar-refractivity contribution in [3.8, 4) is 5.75 Å². The molecule has 35 heavy (non-hydrogen) atoms. The molecule has 1 aliphatic heterocycles. The van der Waals surface area contributed by atoms with Gasteiger partial charge in [0.1, 0.15) is 11.6 Å². The molecule has 5 heteroatoms. The Morgan fingerprint density at radius 1 is 1.03 bits per heavy atom. The van der Waals surface area contributed by atoms with Crippen molar-refractivity contribution in [3.05, 3.63) is 89.7 Å². The van der Waals surface area contributed by atoms with Crippen LogP contribution in [0.5, 0.6) is 5.75 Å². The average Bonchev–Trinajstić information content (AvgIpc) is 3.42. The minimum Gasteiger partial charge on any atom is -0.494 e. The summed E-state index contributed by atoms with van der Waals surface area (Å²) in [5.41, 5.74) is 5.54. The Labute approximate surface area is 207 Å². The highest BCUT2D eigenvalue weighted by molar-refractivity contribution is 5.96. The van der Waals surface area contributed by atoms with E-state index in [9.17, 15) is 4.79 Å². The zero-order valence-electron chi connectivity index (χ0n) is 20.8. The molecule has 4 aromatic rings. The predicted octanol–water partition coefficient (Wildman–Crippen LogP) is 6.46. The molecule has 1 amide bonds. The molecule has 3 aromatic carbocycles. The third-order valence-corrected chi connectivity index (χ3v) is 6.83. The second-order valence-electron chi connectivity index (χ2n) is 9.78. The fourth-order valence-corrected chi connectivity index (χ4v) is 4.93. The molecule has 1 saturated heterocycles. The van der Waals surface area contributed by atoms with Gasteiger partial charge in [0.15, 0.2) is 0 Å². The molecule has 0 aliphatic carbocycles. The van der Waals surface area contributed by atoms with E-state index in [-0.39, 0.29) is 11.8 Å². The van der Waals surface area contributed by atoms with Crippen LogP contribution in [0.2, 0.25) is 0 Å². The molecule has 1 unspecified atom stereocenters. The lowest BCUT2D eigenvalue weighted by Gasteiger charge is -2.18. The standard InChI is InChI=1S/C30H33N3O2/c1-21(2)23-12-14-26(15-13-23)35-17-7-16-32-28-11-5-4-10-27(28)31-30(32)24-19-29(34)33(20-24)25-9-6-8-22(3)18-25/h4-6,8-15,18,21,24H,7,16-17,19-20H2,1-3H3. The highest BCUT2D eigenvalue weighted by Gasteiger charge is 2.34. The Bertz CT molecular complexity index is 1320. The second kappa shape index (κ2) is 9.95. The lowest BCUT2D eigenvalue weighted by molar-refractivity contribution is -0.117. The Morgan fingerprint density at radius 2 is 1.83 bits per heavy atom. The van der Waals surface area contributed by atoms with Gasteiger partial charge >= 0.3 is 0 Å². The maximum Gasteiger partial charge on any atom is 0.227 e. The molecule has 0 spiro atoms. The summed E-state index contributed by atoms with van der Waals surface area (Å²) in [6.07, 6.45) is 1.34. The minimum absolute atomic E-state index is 0.0694. The molecule has 0 bridgehead atoms. The number of rotatable bonds is 8. The summed E-state index contributed by atoms with van der Waals surface area (Å²) in [5, 5.41) is 0. The van der Waals surface area contributed by atoms with Crippen LogP contribution < -0.4 is 9.64 Å². The van der Waals surface area contributed by atoms with Gasteiger partial charge in [-0.3, -0.25) is 4.79 Å². The van der Waals surface area contributed by atoms with Crippen LogP contribution in [-0.2, 0) is 11.3 Å². The number of anilines is 1. The van der Waals surface area contributed by atoms with Gasteiger partial charge in [0.05, 0.1) is 17.6 Å². The van der Waals surface area contributed by atoms with E-state index in [0.29, 0.717) is 25.5 Å². The van der Waals surface area contributed by atoms with Crippen molar-refractivity contribution in [2.75, 3.05) is 18.1 Å². The molecule has 2 heterocycles. The van der Waals surface area contributed by atoms with Crippen LogP contribution in [0.15, 0.2) is 72.8 Å². The number of ether oxygens (including phenoxy) is 1. The van der Waals surface area contributed by atoms with Crippen molar-refractivity contribution >= 4 is 22.6 Å². The van der Waals surface area contributed by atoms with E-state index in [1.54, 1.807) is 0 Å². The summed E-state index contributed by atoms with van der Waals surface area (Å²) < 4.78 is 8.31. The number of aryl methyl sites for hydroxylation is 2. The van der Waals surface area contributed by atoms with Crippen LogP contribution in [-0.4, -0.2) is 28.6 Å². The van der Waals surface area contributed by atoms with Gasteiger partial charge in [-0.15, -0.1) is 0 Å².